The van der Waals surface area contributed by atoms with E-state index in [9.17, 15) is 31.0 Å². The van der Waals surface area contributed by atoms with Gasteiger partial charge in [-0.3, -0.25) is 14.1 Å². The average Bonchev–Trinajstić information content (AvgIpc) is 2.54. The van der Waals surface area contributed by atoms with E-state index in [2.05, 4.69) is 15.3 Å². The first kappa shape index (κ1) is 19.3. The molecule has 1 heterocycles. The van der Waals surface area contributed by atoms with Crippen LogP contribution in [0.2, 0.25) is 0 Å². The van der Waals surface area contributed by atoms with Crippen molar-refractivity contribution in [3.63, 3.8) is 0 Å². The van der Waals surface area contributed by atoms with Crippen molar-refractivity contribution in [3.8, 4) is 5.75 Å². The summed E-state index contributed by atoms with van der Waals surface area (Å²) in [6, 6.07) is 3.67. The van der Waals surface area contributed by atoms with Crippen molar-refractivity contribution >= 4 is 60.8 Å². The number of aliphatic imine (C=N–C) groups is 2. The second-order valence-corrected chi connectivity index (χ2v) is 8.59. The summed E-state index contributed by atoms with van der Waals surface area (Å²) in [4.78, 5) is 6.41. The van der Waals surface area contributed by atoms with Gasteiger partial charge in [-0.05, 0) is 23.6 Å². The largest absolute Gasteiger partial charge is 0.507 e. The van der Waals surface area contributed by atoms with Crippen LogP contribution in [-0.4, -0.2) is 54.4 Å². The second-order valence-electron chi connectivity index (χ2n) is 5.34. The molecule has 3 rings (SSSR count). The summed E-state index contributed by atoms with van der Waals surface area (Å²) in [7, 11) is -9.36. The fraction of sp³-hybridized carbons (Fsp3) is 0.0769. The predicted octanol–water partition coefficient (Wildman–Crippen LogP) is 1.26. The van der Waals surface area contributed by atoms with Gasteiger partial charge in [-0.25, -0.2) is 9.41 Å². The summed E-state index contributed by atoms with van der Waals surface area (Å²) in [5, 5.41) is 12.8. The predicted molar refractivity (Wildman–Crippen MR) is 97.4 cm³/mol. The second kappa shape index (κ2) is 6.61. The molecule has 0 bridgehead atoms. The quantitative estimate of drug-likeness (QED) is 0.410. The Balaban J connectivity index is 2.30. The highest BCUT2D eigenvalue weighted by molar-refractivity contribution is 7.86. The number of anilines is 1. The molecule has 0 fully saturated rings. The van der Waals surface area contributed by atoms with E-state index >= 15 is 0 Å². The van der Waals surface area contributed by atoms with Crippen LogP contribution in [0, 0.1) is 0 Å². The Morgan fingerprint density at radius 3 is 2.19 bits per heavy atom. The fourth-order valence-corrected chi connectivity index (χ4v) is 3.61. The molecule has 1 aliphatic heterocycles. The van der Waals surface area contributed by atoms with Crippen molar-refractivity contribution in [1.29, 1.82) is 0 Å². The zero-order valence-electron chi connectivity index (χ0n) is 13.1. The number of benzene rings is 2. The molecule has 11 nitrogen and oxygen atoms in total. The molecule has 144 valence electrons. The molecule has 0 spiro atoms. The summed E-state index contributed by atoms with van der Waals surface area (Å²) in [6.07, 6.45) is 1.20. The number of rotatable bonds is 3. The monoisotopic (exact) mass is 434 g/mol. The topological polar surface area (TPSA) is 169 Å². The summed E-state index contributed by atoms with van der Waals surface area (Å²) in [5.41, 5.74) is -0.0424. The maximum atomic E-state index is 11.6. The molecule has 0 unspecified atom stereocenters. The Labute approximate surface area is 158 Å². The van der Waals surface area contributed by atoms with Crippen LogP contribution >= 0.6 is 11.8 Å². The van der Waals surface area contributed by atoms with E-state index in [0.29, 0.717) is 0 Å². The van der Waals surface area contributed by atoms with E-state index in [-0.39, 0.29) is 29.1 Å². The van der Waals surface area contributed by atoms with Gasteiger partial charge in [0.2, 0.25) is 5.96 Å². The molecule has 2 aromatic carbocycles. The standard InChI is InChI=1S/C13H11ClN4O7S2/c14-18-6-15-5-16-13(18)17-10-3-8(26(20,21)22)1-7-2-9(27(23,24)25)4-11(19)12(7)10/h1-5,19H,6H2,(H,15,16,17)(H,20,21,22)(H,23,24,25). The first-order valence-corrected chi connectivity index (χ1v) is 10.2. The third-order valence-electron chi connectivity index (χ3n) is 3.51. The summed E-state index contributed by atoms with van der Waals surface area (Å²) >= 11 is 5.92. The Bertz CT molecular complexity index is 1200. The molecule has 0 saturated carbocycles. The van der Waals surface area contributed by atoms with Crippen LogP contribution in [0.25, 0.3) is 10.8 Å². The molecule has 0 saturated heterocycles. The van der Waals surface area contributed by atoms with E-state index in [1.165, 1.54) is 6.34 Å². The third-order valence-corrected chi connectivity index (χ3v) is 5.44. The minimum absolute atomic E-state index is 0.00470. The Hall–Kier alpha value is -2.45. The molecule has 4 N–H and O–H groups in total. The highest BCUT2D eigenvalue weighted by Crippen LogP contribution is 2.36. The Morgan fingerprint density at radius 1 is 1.04 bits per heavy atom. The van der Waals surface area contributed by atoms with E-state index < -0.39 is 35.8 Å². The molecular weight excluding hydrogens is 424 g/mol. The Kier molecular flexibility index (Phi) is 4.73. The summed E-state index contributed by atoms with van der Waals surface area (Å²) in [5.74, 6) is -0.533. The SMILES string of the molecule is O=S(=O)(O)c1cc(O)c2c(NC3=NC=NCN3Cl)cc(S(=O)(=O)O)cc2c1. The molecule has 0 radical (unpaired) electrons. The van der Waals surface area contributed by atoms with Crippen molar-refractivity contribution < 1.29 is 31.0 Å². The van der Waals surface area contributed by atoms with Gasteiger partial charge in [0.05, 0.1) is 15.5 Å². The third kappa shape index (κ3) is 3.96. The van der Waals surface area contributed by atoms with Gasteiger partial charge in [-0.2, -0.15) is 16.8 Å². The fourth-order valence-electron chi connectivity index (χ4n) is 2.38. The van der Waals surface area contributed by atoms with Gasteiger partial charge >= 0.3 is 0 Å². The lowest BCUT2D eigenvalue weighted by Gasteiger charge is -2.20. The zero-order valence-corrected chi connectivity index (χ0v) is 15.5. The number of halogens is 1. The zero-order chi connectivity index (χ0) is 20.0. The lowest BCUT2D eigenvalue weighted by molar-refractivity contribution is 0.471. The highest BCUT2D eigenvalue weighted by atomic mass is 35.5. The number of nitrogens with zero attached hydrogens (tertiary/aromatic N) is 3. The molecule has 0 aromatic heterocycles. The summed E-state index contributed by atoms with van der Waals surface area (Å²) in [6.45, 7) is 0.0438. The normalized spacial score (nSPS) is 15.1. The van der Waals surface area contributed by atoms with Crippen LogP contribution in [0.15, 0.2) is 44.0 Å². The van der Waals surface area contributed by atoms with Crippen LogP contribution in [0.1, 0.15) is 0 Å². The lowest BCUT2D eigenvalue weighted by atomic mass is 10.1. The number of guanidine groups is 1. The number of fused-ring (bicyclic) bond motifs is 1. The minimum Gasteiger partial charge on any atom is -0.507 e. The van der Waals surface area contributed by atoms with Crippen molar-refractivity contribution in [3.05, 3.63) is 24.3 Å². The first-order chi connectivity index (χ1) is 12.5. The average molecular weight is 435 g/mol. The van der Waals surface area contributed by atoms with E-state index in [1.54, 1.807) is 0 Å². The number of phenols is 1. The first-order valence-electron chi connectivity index (χ1n) is 6.99. The Morgan fingerprint density at radius 2 is 1.63 bits per heavy atom. The van der Waals surface area contributed by atoms with Gasteiger partial charge in [-0.1, -0.05) is 0 Å². The van der Waals surface area contributed by atoms with Crippen molar-refractivity contribution in [2.75, 3.05) is 12.0 Å². The molecule has 1 aliphatic rings. The number of phenolic OH excluding ortho intramolecular Hbond substituents is 1. The van der Waals surface area contributed by atoms with Crippen LogP contribution in [0.5, 0.6) is 5.75 Å². The molecule has 0 amide bonds. The maximum Gasteiger partial charge on any atom is 0.294 e. The number of nitrogens with one attached hydrogen (secondary N) is 1. The van der Waals surface area contributed by atoms with E-state index in [4.69, 9.17) is 11.8 Å². The van der Waals surface area contributed by atoms with Gasteiger partial charge in [0, 0.05) is 23.2 Å². The summed E-state index contributed by atoms with van der Waals surface area (Å²) < 4.78 is 65.4. The van der Waals surface area contributed by atoms with Gasteiger partial charge in [0.1, 0.15) is 18.8 Å². The van der Waals surface area contributed by atoms with E-state index in [1.807, 2.05) is 0 Å². The van der Waals surface area contributed by atoms with Crippen molar-refractivity contribution in [2.45, 2.75) is 9.79 Å². The number of hydrogen-bond acceptors (Lipinski definition) is 9. The minimum atomic E-state index is -4.68. The molecule has 0 aliphatic carbocycles. The maximum absolute atomic E-state index is 11.6. The highest BCUT2D eigenvalue weighted by Gasteiger charge is 2.21. The number of aromatic hydroxyl groups is 1. The molecular formula is C13H11ClN4O7S2. The van der Waals surface area contributed by atoms with Gasteiger partial charge in [0.15, 0.2) is 0 Å². The van der Waals surface area contributed by atoms with Gasteiger partial charge in [0.25, 0.3) is 20.2 Å². The van der Waals surface area contributed by atoms with Crippen LogP contribution in [-0.2, 0) is 20.2 Å². The van der Waals surface area contributed by atoms with E-state index in [0.717, 1.165) is 28.7 Å². The van der Waals surface area contributed by atoms with Crippen LogP contribution in [0.3, 0.4) is 0 Å². The number of hydrogen-bond donors (Lipinski definition) is 4. The smallest absolute Gasteiger partial charge is 0.294 e. The molecule has 27 heavy (non-hydrogen) atoms. The lowest BCUT2D eigenvalue weighted by Crippen LogP contribution is -2.31. The van der Waals surface area contributed by atoms with Gasteiger partial charge < -0.3 is 10.4 Å². The van der Waals surface area contributed by atoms with Gasteiger partial charge in [-0.15, -0.1) is 0 Å². The molecule has 14 heteroatoms. The molecule has 0 atom stereocenters. The van der Waals surface area contributed by atoms with Crippen LogP contribution in [0.4, 0.5) is 5.69 Å². The molecule has 2 aromatic rings. The van der Waals surface area contributed by atoms with Crippen molar-refractivity contribution in [2.24, 2.45) is 9.98 Å². The van der Waals surface area contributed by atoms with Crippen LogP contribution < -0.4 is 5.32 Å². The van der Waals surface area contributed by atoms with Crippen molar-refractivity contribution in [1.82, 2.24) is 4.42 Å².